The van der Waals surface area contributed by atoms with Crippen molar-refractivity contribution in [3.05, 3.63) is 29.1 Å². The fourth-order valence-corrected chi connectivity index (χ4v) is 1.63. The van der Waals surface area contributed by atoms with Gasteiger partial charge in [0.1, 0.15) is 5.69 Å². The van der Waals surface area contributed by atoms with Crippen molar-refractivity contribution in [1.29, 1.82) is 0 Å². The maximum absolute atomic E-state index is 11.3. The minimum atomic E-state index is 0.205. The molecule has 0 radical (unpaired) electrons. The molecule has 0 spiro atoms. The molecule has 0 amide bonds. The van der Waals surface area contributed by atoms with Crippen LogP contribution in [0.15, 0.2) is 12.3 Å². The van der Waals surface area contributed by atoms with Crippen LogP contribution in [0.4, 0.5) is 0 Å². The molecule has 2 rings (SSSR count). The van der Waals surface area contributed by atoms with Gasteiger partial charge in [-0.15, -0.1) is 0 Å². The number of carbonyl (C=O) groups is 1. The summed E-state index contributed by atoms with van der Waals surface area (Å²) < 4.78 is 0. The van der Waals surface area contributed by atoms with Crippen LogP contribution >= 0.6 is 0 Å². The molecule has 2 heteroatoms. The number of aromatic nitrogens is 1. The van der Waals surface area contributed by atoms with Crippen LogP contribution in [0.5, 0.6) is 0 Å². The van der Waals surface area contributed by atoms with Gasteiger partial charge in [0.05, 0.1) is 0 Å². The lowest BCUT2D eigenvalue weighted by Crippen LogP contribution is -2.12. The Bertz CT molecular complexity index is 331. The molecule has 0 fully saturated rings. The van der Waals surface area contributed by atoms with Crippen molar-refractivity contribution in [2.45, 2.75) is 26.2 Å². The number of fused-ring (bicyclic) bond motifs is 1. The highest BCUT2D eigenvalue weighted by molar-refractivity contribution is 5.96. The van der Waals surface area contributed by atoms with Gasteiger partial charge in [0, 0.05) is 12.6 Å². The average molecular weight is 161 g/mol. The van der Waals surface area contributed by atoms with Crippen LogP contribution in [0.3, 0.4) is 0 Å². The third kappa shape index (κ3) is 1.13. The molecule has 0 N–H and O–H groups in total. The van der Waals surface area contributed by atoms with Crippen molar-refractivity contribution in [1.82, 2.24) is 4.98 Å². The summed E-state index contributed by atoms with van der Waals surface area (Å²) in [5.74, 6) is 0.205. The van der Waals surface area contributed by atoms with Crippen molar-refractivity contribution in [2.75, 3.05) is 0 Å². The molecule has 0 bridgehead atoms. The molecule has 0 atom stereocenters. The number of aryl methyl sites for hydroxylation is 2. The Labute approximate surface area is 71.6 Å². The first-order chi connectivity index (χ1) is 5.77. The Morgan fingerprint density at radius 2 is 2.25 bits per heavy atom. The van der Waals surface area contributed by atoms with Gasteiger partial charge in [0.15, 0.2) is 5.78 Å². The summed E-state index contributed by atoms with van der Waals surface area (Å²) in [6.45, 7) is 2.01. The molecule has 1 aliphatic rings. The van der Waals surface area contributed by atoms with Gasteiger partial charge in [-0.2, -0.15) is 0 Å². The van der Waals surface area contributed by atoms with Gasteiger partial charge in [-0.1, -0.05) is 6.07 Å². The lowest BCUT2D eigenvalue weighted by molar-refractivity contribution is 0.0967. The third-order valence-corrected chi connectivity index (χ3v) is 2.22. The predicted octanol–water partition coefficient (Wildman–Crippen LogP) is 1.91. The molecule has 62 valence electrons. The van der Waals surface area contributed by atoms with E-state index in [2.05, 4.69) is 11.1 Å². The van der Waals surface area contributed by atoms with Gasteiger partial charge in [-0.05, 0) is 30.9 Å². The number of hydrogen-bond donors (Lipinski definition) is 0. The highest BCUT2D eigenvalue weighted by Crippen LogP contribution is 2.19. The van der Waals surface area contributed by atoms with Gasteiger partial charge in [0.25, 0.3) is 0 Å². The van der Waals surface area contributed by atoms with Gasteiger partial charge >= 0.3 is 0 Å². The van der Waals surface area contributed by atoms with Crippen LogP contribution in [-0.2, 0) is 6.42 Å². The van der Waals surface area contributed by atoms with E-state index in [-0.39, 0.29) is 5.78 Å². The molecule has 12 heavy (non-hydrogen) atoms. The summed E-state index contributed by atoms with van der Waals surface area (Å²) >= 11 is 0. The third-order valence-electron chi connectivity index (χ3n) is 2.22. The summed E-state index contributed by atoms with van der Waals surface area (Å²) in [5.41, 5.74) is 2.97. The predicted molar refractivity (Wildman–Crippen MR) is 46.2 cm³/mol. The first-order valence-corrected chi connectivity index (χ1v) is 4.26. The van der Waals surface area contributed by atoms with E-state index in [4.69, 9.17) is 0 Å². The number of ketones is 1. The Morgan fingerprint density at radius 1 is 1.42 bits per heavy atom. The van der Waals surface area contributed by atoms with Gasteiger partial charge in [-0.25, -0.2) is 0 Å². The maximum Gasteiger partial charge on any atom is 0.181 e. The number of rotatable bonds is 0. The van der Waals surface area contributed by atoms with E-state index in [0.717, 1.165) is 24.0 Å². The van der Waals surface area contributed by atoms with Gasteiger partial charge in [0.2, 0.25) is 0 Å². The van der Waals surface area contributed by atoms with E-state index in [0.29, 0.717) is 12.1 Å². The molecule has 1 aromatic rings. The maximum atomic E-state index is 11.3. The normalized spacial score (nSPS) is 15.9. The van der Waals surface area contributed by atoms with E-state index in [9.17, 15) is 4.79 Å². The number of nitrogens with zero attached hydrogens (tertiary/aromatic N) is 1. The second kappa shape index (κ2) is 2.70. The topological polar surface area (TPSA) is 30.0 Å². The Morgan fingerprint density at radius 3 is 3.08 bits per heavy atom. The second-order valence-corrected chi connectivity index (χ2v) is 3.30. The van der Waals surface area contributed by atoms with Crippen molar-refractivity contribution < 1.29 is 4.79 Å². The fourth-order valence-electron chi connectivity index (χ4n) is 1.63. The Kier molecular flexibility index (Phi) is 1.68. The molecule has 1 aliphatic carbocycles. The highest BCUT2D eigenvalue weighted by atomic mass is 16.1. The zero-order valence-electron chi connectivity index (χ0n) is 7.13. The molecule has 1 heterocycles. The molecule has 1 aromatic heterocycles. The highest BCUT2D eigenvalue weighted by Gasteiger charge is 2.17. The van der Waals surface area contributed by atoms with Crippen LogP contribution in [0.2, 0.25) is 0 Å². The molecule has 2 nitrogen and oxygen atoms in total. The molecular formula is C10H11NO. The molecule has 0 aromatic carbocycles. The zero-order chi connectivity index (χ0) is 8.55. The monoisotopic (exact) mass is 161 g/mol. The minimum absolute atomic E-state index is 0.205. The SMILES string of the molecule is Cc1cnc2c(c1)CCCC2=O. The number of hydrogen-bond acceptors (Lipinski definition) is 2. The van der Waals surface area contributed by atoms with E-state index < -0.39 is 0 Å². The molecule has 0 aliphatic heterocycles. The molecular weight excluding hydrogens is 150 g/mol. The quantitative estimate of drug-likeness (QED) is 0.581. The van der Waals surface area contributed by atoms with Crippen LogP contribution in [0.1, 0.15) is 34.5 Å². The number of pyridine rings is 1. The van der Waals surface area contributed by atoms with E-state index in [1.807, 2.05) is 6.92 Å². The van der Waals surface area contributed by atoms with E-state index in [1.165, 1.54) is 0 Å². The lowest BCUT2D eigenvalue weighted by atomic mass is 9.94. The second-order valence-electron chi connectivity index (χ2n) is 3.30. The zero-order valence-corrected chi connectivity index (χ0v) is 7.13. The molecule has 0 saturated heterocycles. The fraction of sp³-hybridized carbons (Fsp3) is 0.400. The number of carbonyl (C=O) groups excluding carboxylic acids is 1. The Balaban J connectivity index is 2.53. The summed E-state index contributed by atoms with van der Waals surface area (Å²) in [5, 5.41) is 0. The van der Waals surface area contributed by atoms with Crippen LogP contribution in [0, 0.1) is 6.92 Å². The standard InChI is InChI=1S/C10H11NO/c1-7-5-8-3-2-4-9(12)10(8)11-6-7/h5-6H,2-4H2,1H3. The summed E-state index contributed by atoms with van der Waals surface area (Å²) in [6.07, 6.45) is 4.43. The Hall–Kier alpha value is -1.18. The van der Waals surface area contributed by atoms with E-state index in [1.54, 1.807) is 6.20 Å². The summed E-state index contributed by atoms with van der Waals surface area (Å²) in [6, 6.07) is 2.07. The average Bonchev–Trinajstić information content (AvgIpc) is 2.04. The first-order valence-electron chi connectivity index (χ1n) is 4.26. The van der Waals surface area contributed by atoms with Gasteiger partial charge in [-0.3, -0.25) is 9.78 Å². The number of Topliss-reactive ketones (excluding diaryl/α,β-unsaturated/α-hetero) is 1. The summed E-state index contributed by atoms with van der Waals surface area (Å²) in [7, 11) is 0. The lowest BCUT2D eigenvalue weighted by Gasteiger charge is -2.13. The van der Waals surface area contributed by atoms with Crippen LogP contribution < -0.4 is 0 Å². The largest absolute Gasteiger partial charge is 0.292 e. The minimum Gasteiger partial charge on any atom is -0.292 e. The molecule has 0 saturated carbocycles. The van der Waals surface area contributed by atoms with Crippen molar-refractivity contribution in [2.24, 2.45) is 0 Å². The van der Waals surface area contributed by atoms with Crippen LogP contribution in [-0.4, -0.2) is 10.8 Å². The van der Waals surface area contributed by atoms with E-state index >= 15 is 0 Å². The van der Waals surface area contributed by atoms with Gasteiger partial charge < -0.3 is 0 Å². The van der Waals surface area contributed by atoms with Crippen molar-refractivity contribution in [3.63, 3.8) is 0 Å². The van der Waals surface area contributed by atoms with Crippen LogP contribution in [0.25, 0.3) is 0 Å². The smallest absolute Gasteiger partial charge is 0.181 e. The first kappa shape index (κ1) is 7.47. The molecule has 0 unspecified atom stereocenters. The van der Waals surface area contributed by atoms with Crippen molar-refractivity contribution >= 4 is 5.78 Å². The summed E-state index contributed by atoms with van der Waals surface area (Å²) in [4.78, 5) is 15.5. The van der Waals surface area contributed by atoms with Crippen molar-refractivity contribution in [3.8, 4) is 0 Å².